The first-order valence-corrected chi connectivity index (χ1v) is 9.47. The van der Waals surface area contributed by atoms with Crippen molar-refractivity contribution < 1.29 is 4.52 Å². The molecule has 0 unspecified atom stereocenters. The van der Waals surface area contributed by atoms with E-state index in [0.717, 1.165) is 49.2 Å². The third-order valence-corrected chi connectivity index (χ3v) is 5.69. The lowest BCUT2D eigenvalue weighted by molar-refractivity contribution is 0.180. The first-order valence-electron chi connectivity index (χ1n) is 8.27. The molecule has 2 N–H and O–H groups in total. The van der Waals surface area contributed by atoms with Crippen molar-refractivity contribution in [3.8, 4) is 0 Å². The summed E-state index contributed by atoms with van der Waals surface area (Å²) in [4.78, 5) is 7.63. The van der Waals surface area contributed by atoms with Crippen molar-refractivity contribution in [3.05, 3.63) is 45.3 Å². The van der Waals surface area contributed by atoms with Gasteiger partial charge in [0, 0.05) is 22.6 Å². The van der Waals surface area contributed by atoms with Crippen molar-refractivity contribution in [2.45, 2.75) is 31.8 Å². The molecule has 0 aromatic carbocycles. The molecule has 25 heavy (non-hydrogen) atoms. The molecule has 7 nitrogen and oxygen atoms in total. The van der Waals surface area contributed by atoms with Gasteiger partial charge in [-0.25, -0.2) is 0 Å². The molecule has 4 rings (SSSR count). The zero-order valence-electron chi connectivity index (χ0n) is 13.6. The van der Waals surface area contributed by atoms with Crippen LogP contribution in [0.5, 0.6) is 0 Å². The Kier molecular flexibility index (Phi) is 5.00. The number of halogens is 1. The number of piperidine rings is 1. The van der Waals surface area contributed by atoms with Crippen molar-refractivity contribution in [2.24, 2.45) is 0 Å². The van der Waals surface area contributed by atoms with Crippen molar-refractivity contribution >= 4 is 28.8 Å². The van der Waals surface area contributed by atoms with Crippen LogP contribution in [0.2, 0.25) is 4.34 Å². The largest absolute Gasteiger partial charge is 0.364 e. The van der Waals surface area contributed by atoms with Gasteiger partial charge in [0.1, 0.15) is 5.82 Å². The van der Waals surface area contributed by atoms with Gasteiger partial charge in [-0.2, -0.15) is 10.1 Å². The van der Waals surface area contributed by atoms with E-state index in [4.69, 9.17) is 16.1 Å². The zero-order valence-corrected chi connectivity index (χ0v) is 15.2. The van der Waals surface area contributed by atoms with Crippen molar-refractivity contribution in [1.82, 2.24) is 25.2 Å². The highest BCUT2D eigenvalue weighted by Crippen LogP contribution is 2.29. The smallest absolute Gasteiger partial charge is 0.240 e. The van der Waals surface area contributed by atoms with Crippen LogP contribution in [0.1, 0.15) is 35.2 Å². The van der Waals surface area contributed by atoms with Crippen LogP contribution in [-0.2, 0) is 13.1 Å². The Labute approximate surface area is 154 Å². The van der Waals surface area contributed by atoms with E-state index in [-0.39, 0.29) is 0 Å². The first kappa shape index (κ1) is 16.6. The summed E-state index contributed by atoms with van der Waals surface area (Å²) >= 11 is 7.54. The van der Waals surface area contributed by atoms with Gasteiger partial charge in [0.2, 0.25) is 5.89 Å². The molecule has 1 aliphatic heterocycles. The fourth-order valence-electron chi connectivity index (χ4n) is 3.12. The molecule has 9 heteroatoms. The maximum absolute atomic E-state index is 5.96. The third kappa shape index (κ3) is 4.20. The van der Waals surface area contributed by atoms with E-state index in [1.165, 1.54) is 16.9 Å². The Bertz CT molecular complexity index is 793. The summed E-state index contributed by atoms with van der Waals surface area (Å²) in [5.74, 6) is 2.08. The minimum atomic E-state index is 0.512. The molecule has 0 bridgehead atoms. The standard InChI is InChI=1S/C16H19ClN6OS/c17-14-2-1-12(25-14)8-18-15-7-13(21-22-15)11-3-5-23(6-4-11)9-16-19-10-20-24-16/h1-2,7,10-11H,3-6,8-9H2,(H2,18,21,22). The van der Waals surface area contributed by atoms with E-state index in [1.807, 2.05) is 12.1 Å². The fourth-order valence-corrected chi connectivity index (χ4v) is 4.15. The SMILES string of the molecule is Clc1ccc(CNc2cc(C3CCN(Cc4ncno4)CC3)[nH]n2)s1. The van der Waals surface area contributed by atoms with Gasteiger partial charge < -0.3 is 9.84 Å². The number of likely N-dealkylation sites (tertiary alicyclic amines) is 1. The van der Waals surface area contributed by atoms with Crippen LogP contribution in [0.25, 0.3) is 0 Å². The van der Waals surface area contributed by atoms with Crippen molar-refractivity contribution in [2.75, 3.05) is 18.4 Å². The molecule has 132 valence electrons. The number of H-pyrrole nitrogens is 1. The average molecular weight is 379 g/mol. The molecule has 0 radical (unpaired) electrons. The summed E-state index contributed by atoms with van der Waals surface area (Å²) in [7, 11) is 0. The van der Waals surface area contributed by atoms with Crippen LogP contribution in [0, 0.1) is 0 Å². The molecule has 0 amide bonds. The predicted octanol–water partition coefficient (Wildman–Crippen LogP) is 3.50. The Morgan fingerprint density at radius 1 is 1.36 bits per heavy atom. The summed E-state index contributed by atoms with van der Waals surface area (Å²) in [6.45, 7) is 3.50. The van der Waals surface area contributed by atoms with E-state index < -0.39 is 0 Å². The van der Waals surface area contributed by atoms with Gasteiger partial charge in [-0.15, -0.1) is 11.3 Å². The summed E-state index contributed by atoms with van der Waals surface area (Å²) in [6, 6.07) is 6.07. The van der Waals surface area contributed by atoms with Gasteiger partial charge in [-0.1, -0.05) is 16.8 Å². The van der Waals surface area contributed by atoms with Crippen LogP contribution in [0.4, 0.5) is 5.82 Å². The highest BCUT2D eigenvalue weighted by molar-refractivity contribution is 7.16. The van der Waals surface area contributed by atoms with Gasteiger partial charge in [0.05, 0.1) is 17.4 Å². The van der Waals surface area contributed by atoms with Crippen molar-refractivity contribution in [1.29, 1.82) is 0 Å². The molecule has 0 spiro atoms. The minimum absolute atomic E-state index is 0.512. The second kappa shape index (κ2) is 7.55. The highest BCUT2D eigenvalue weighted by atomic mass is 35.5. The lowest BCUT2D eigenvalue weighted by Gasteiger charge is -2.30. The average Bonchev–Trinajstić information content (AvgIpc) is 3.36. The number of thiophene rings is 1. The molecular weight excluding hydrogens is 360 g/mol. The van der Waals surface area contributed by atoms with Crippen LogP contribution in [0.15, 0.2) is 29.0 Å². The summed E-state index contributed by atoms with van der Waals surface area (Å²) in [5, 5.41) is 14.6. The van der Waals surface area contributed by atoms with Gasteiger partial charge in [-0.3, -0.25) is 10.00 Å². The summed E-state index contributed by atoms with van der Waals surface area (Å²) in [6.07, 6.45) is 3.64. The monoisotopic (exact) mass is 378 g/mol. The number of hydrogen-bond donors (Lipinski definition) is 2. The van der Waals surface area contributed by atoms with Crippen LogP contribution in [0.3, 0.4) is 0 Å². The Hall–Kier alpha value is -1.90. The predicted molar refractivity (Wildman–Crippen MR) is 96.8 cm³/mol. The van der Waals surface area contributed by atoms with E-state index >= 15 is 0 Å². The summed E-state index contributed by atoms with van der Waals surface area (Å²) in [5.41, 5.74) is 1.20. The Morgan fingerprint density at radius 2 is 2.24 bits per heavy atom. The highest BCUT2D eigenvalue weighted by Gasteiger charge is 2.23. The number of nitrogens with zero attached hydrogens (tertiary/aromatic N) is 4. The molecule has 1 saturated heterocycles. The van der Waals surface area contributed by atoms with E-state index in [2.05, 4.69) is 36.6 Å². The maximum atomic E-state index is 5.96. The second-order valence-corrected chi connectivity index (χ2v) is 7.95. The topological polar surface area (TPSA) is 82.9 Å². The Balaban J connectivity index is 1.27. The number of anilines is 1. The minimum Gasteiger partial charge on any atom is -0.364 e. The van der Waals surface area contributed by atoms with Crippen LogP contribution >= 0.6 is 22.9 Å². The van der Waals surface area contributed by atoms with Crippen LogP contribution in [-0.4, -0.2) is 38.3 Å². The number of nitrogens with one attached hydrogen (secondary N) is 2. The first-order chi connectivity index (χ1) is 12.3. The van der Waals surface area contributed by atoms with Crippen LogP contribution < -0.4 is 5.32 Å². The molecule has 1 aliphatic rings. The van der Waals surface area contributed by atoms with Gasteiger partial charge in [-0.05, 0) is 38.1 Å². The Morgan fingerprint density at radius 3 is 2.96 bits per heavy atom. The van der Waals surface area contributed by atoms with E-state index in [1.54, 1.807) is 11.3 Å². The lowest BCUT2D eigenvalue weighted by Crippen LogP contribution is -2.32. The number of rotatable bonds is 6. The second-order valence-electron chi connectivity index (χ2n) is 6.15. The molecule has 3 aromatic rings. The van der Waals surface area contributed by atoms with E-state index in [9.17, 15) is 0 Å². The maximum Gasteiger partial charge on any atom is 0.240 e. The molecule has 3 aromatic heterocycles. The zero-order chi connectivity index (χ0) is 17.1. The lowest BCUT2D eigenvalue weighted by atomic mass is 9.93. The molecule has 4 heterocycles. The number of aromatic nitrogens is 4. The molecule has 0 atom stereocenters. The van der Waals surface area contributed by atoms with E-state index in [0.29, 0.717) is 11.8 Å². The quantitative estimate of drug-likeness (QED) is 0.683. The molecule has 0 aliphatic carbocycles. The summed E-state index contributed by atoms with van der Waals surface area (Å²) < 4.78 is 5.89. The molecular formula is C16H19ClN6OS. The van der Waals surface area contributed by atoms with Crippen molar-refractivity contribution in [3.63, 3.8) is 0 Å². The normalized spacial score (nSPS) is 16.4. The number of aromatic amines is 1. The van der Waals surface area contributed by atoms with Gasteiger partial charge >= 0.3 is 0 Å². The molecule has 0 saturated carbocycles. The van der Waals surface area contributed by atoms with Gasteiger partial charge in [0.15, 0.2) is 6.33 Å². The molecule has 1 fully saturated rings. The third-order valence-electron chi connectivity index (χ3n) is 4.46. The van der Waals surface area contributed by atoms with Gasteiger partial charge in [0.25, 0.3) is 0 Å². The fraction of sp³-hybridized carbons (Fsp3) is 0.438. The number of hydrogen-bond acceptors (Lipinski definition) is 7.